The van der Waals surface area contributed by atoms with Gasteiger partial charge in [0.05, 0.1) is 0 Å². The van der Waals surface area contributed by atoms with Gasteiger partial charge in [0.1, 0.15) is 0 Å². The van der Waals surface area contributed by atoms with Gasteiger partial charge in [-0.25, -0.2) is 0 Å². The molecule has 0 fully saturated rings. The Hall–Kier alpha value is 0.160. The second-order valence-corrected chi connectivity index (χ2v) is 5.73. The first-order chi connectivity index (χ1) is 5.06. The summed E-state index contributed by atoms with van der Waals surface area (Å²) in [5.41, 5.74) is 0. The van der Waals surface area contributed by atoms with E-state index in [0.717, 1.165) is 0 Å². The molecule has 0 rings (SSSR count). The lowest BCUT2D eigenvalue weighted by Gasteiger charge is -2.20. The van der Waals surface area contributed by atoms with Crippen molar-refractivity contribution in [3.05, 3.63) is 0 Å². The Kier molecular flexibility index (Phi) is 3.18. The van der Waals surface area contributed by atoms with Gasteiger partial charge < -0.3 is 19.2 Å². The average Bonchev–Trinajstić information content (AvgIpc) is 1.85. The van der Waals surface area contributed by atoms with Gasteiger partial charge in [0.2, 0.25) is 0 Å². The van der Waals surface area contributed by atoms with Crippen LogP contribution in [0.2, 0.25) is 0 Å². The van der Waals surface area contributed by atoms with Crippen LogP contribution in [0.5, 0.6) is 0 Å². The topological polar surface area (TPSA) is 104 Å². The minimum atomic E-state index is -5.98. The molecule has 0 bridgehead atoms. The third-order valence-corrected chi connectivity index (χ3v) is 4.35. The summed E-state index contributed by atoms with van der Waals surface area (Å²) >= 11 is 0. The van der Waals surface area contributed by atoms with Crippen LogP contribution in [-0.2, 0) is 13.7 Å². The van der Waals surface area contributed by atoms with Crippen molar-refractivity contribution in [2.45, 2.75) is 5.40 Å². The van der Waals surface area contributed by atoms with Crippen molar-refractivity contribution in [2.24, 2.45) is 0 Å². The predicted molar refractivity (Wildman–Crippen MR) is 33.8 cm³/mol. The van der Waals surface area contributed by atoms with Crippen LogP contribution in [-0.4, -0.2) is 27.2 Å². The van der Waals surface area contributed by atoms with Crippen LogP contribution in [0.25, 0.3) is 0 Å². The third-order valence-electron chi connectivity index (χ3n) is 0.938. The summed E-state index contributed by atoms with van der Waals surface area (Å²) in [6, 6.07) is 0. The van der Waals surface area contributed by atoms with Crippen molar-refractivity contribution in [1.29, 1.82) is 0 Å². The quantitative estimate of drug-likeness (QED) is 0.607. The molecule has 0 radical (unpaired) electrons. The summed E-state index contributed by atoms with van der Waals surface area (Å²) in [7, 11) is -11.1. The first kappa shape index (κ1) is 12.2. The Balaban J connectivity index is 5.14. The molecule has 3 N–H and O–H groups in total. The van der Waals surface area contributed by atoms with E-state index in [0.29, 0.717) is 7.11 Å². The summed E-state index contributed by atoms with van der Waals surface area (Å²) in [5, 5.41) is -5.06. The SMILES string of the molecule is COP(=O)(O)C(F)(F)P(=O)(O)O. The molecule has 10 heteroatoms. The van der Waals surface area contributed by atoms with E-state index >= 15 is 0 Å². The molecular formula is C2H6F2O6P2. The predicted octanol–water partition coefficient (Wildman–Crippen LogP) is 0.546. The highest BCUT2D eigenvalue weighted by Crippen LogP contribution is 2.72. The molecule has 0 saturated heterocycles. The highest BCUT2D eigenvalue weighted by Gasteiger charge is 2.64. The Morgan fingerprint density at radius 1 is 1.25 bits per heavy atom. The lowest BCUT2D eigenvalue weighted by molar-refractivity contribution is 0.0996. The fraction of sp³-hybridized carbons (Fsp3) is 1.00. The van der Waals surface area contributed by atoms with Gasteiger partial charge in [0, 0.05) is 7.11 Å². The zero-order valence-corrected chi connectivity index (χ0v) is 7.51. The maximum Gasteiger partial charge on any atom is 0.443 e. The van der Waals surface area contributed by atoms with Gasteiger partial charge in [0.25, 0.3) is 0 Å². The smallest absolute Gasteiger partial charge is 0.320 e. The van der Waals surface area contributed by atoms with Crippen molar-refractivity contribution in [3.8, 4) is 0 Å². The number of hydrogen-bond donors (Lipinski definition) is 3. The van der Waals surface area contributed by atoms with E-state index in [1.54, 1.807) is 0 Å². The zero-order chi connectivity index (χ0) is 10.2. The van der Waals surface area contributed by atoms with Crippen molar-refractivity contribution in [1.82, 2.24) is 0 Å². The summed E-state index contributed by atoms with van der Waals surface area (Å²) in [6.45, 7) is 0. The average molecular weight is 226 g/mol. The van der Waals surface area contributed by atoms with Crippen LogP contribution in [0.3, 0.4) is 0 Å². The molecule has 0 aliphatic carbocycles. The molecule has 74 valence electrons. The van der Waals surface area contributed by atoms with Gasteiger partial charge >= 0.3 is 20.6 Å². The first-order valence-electron chi connectivity index (χ1n) is 2.38. The van der Waals surface area contributed by atoms with Gasteiger partial charge in [0.15, 0.2) is 0 Å². The molecule has 0 aromatic carbocycles. The van der Waals surface area contributed by atoms with E-state index in [-0.39, 0.29) is 0 Å². The molecule has 0 amide bonds. The number of alkyl halides is 2. The Morgan fingerprint density at radius 3 is 1.67 bits per heavy atom. The standard InChI is InChI=1S/C2H6F2O6P2/c1-10-12(8,9)2(3,4)11(5,6)7/h1H3,(H,8,9)(H2,5,6,7). The molecule has 1 unspecified atom stereocenters. The summed E-state index contributed by atoms with van der Waals surface area (Å²) in [6.07, 6.45) is 0. The van der Waals surface area contributed by atoms with E-state index < -0.39 is 20.6 Å². The normalized spacial score (nSPS) is 18.8. The minimum Gasteiger partial charge on any atom is -0.320 e. The molecule has 12 heavy (non-hydrogen) atoms. The molecule has 0 spiro atoms. The van der Waals surface area contributed by atoms with Gasteiger partial charge in [-0.2, -0.15) is 8.78 Å². The maximum absolute atomic E-state index is 12.3. The lowest BCUT2D eigenvalue weighted by Crippen LogP contribution is -2.17. The van der Waals surface area contributed by atoms with E-state index in [1.807, 2.05) is 0 Å². The van der Waals surface area contributed by atoms with Crippen LogP contribution in [0.4, 0.5) is 8.78 Å². The first-order valence-corrected chi connectivity index (χ1v) is 5.57. The van der Waals surface area contributed by atoms with Gasteiger partial charge in [-0.1, -0.05) is 0 Å². The lowest BCUT2D eigenvalue weighted by atomic mass is 11.6. The van der Waals surface area contributed by atoms with E-state index in [1.165, 1.54) is 0 Å². The fourth-order valence-electron chi connectivity index (χ4n) is 0.274. The molecule has 0 saturated carbocycles. The fourth-order valence-corrected chi connectivity index (χ4v) is 2.06. The number of halogens is 2. The maximum atomic E-state index is 12.3. The van der Waals surface area contributed by atoms with Crippen molar-refractivity contribution >= 4 is 15.2 Å². The zero-order valence-electron chi connectivity index (χ0n) is 5.72. The highest BCUT2D eigenvalue weighted by molar-refractivity contribution is 7.72. The molecule has 0 heterocycles. The van der Waals surface area contributed by atoms with Crippen LogP contribution in [0, 0.1) is 0 Å². The number of rotatable bonds is 3. The second kappa shape index (κ2) is 3.14. The van der Waals surface area contributed by atoms with Crippen LogP contribution in [0.15, 0.2) is 0 Å². The molecule has 0 aliphatic heterocycles. The minimum absolute atomic E-state index is 0.449. The molecule has 0 aromatic rings. The Bertz CT molecular complexity index is 256. The van der Waals surface area contributed by atoms with Crippen LogP contribution < -0.4 is 0 Å². The van der Waals surface area contributed by atoms with Crippen molar-refractivity contribution < 1.29 is 37.1 Å². The second-order valence-electron chi connectivity index (χ2n) is 1.76. The van der Waals surface area contributed by atoms with Crippen molar-refractivity contribution in [3.63, 3.8) is 0 Å². The summed E-state index contributed by atoms with van der Waals surface area (Å²) < 4.78 is 48.3. The third kappa shape index (κ3) is 1.90. The van der Waals surface area contributed by atoms with Crippen LogP contribution in [0.1, 0.15) is 0 Å². The molecule has 6 nitrogen and oxygen atoms in total. The van der Waals surface area contributed by atoms with Crippen LogP contribution >= 0.6 is 15.2 Å². The van der Waals surface area contributed by atoms with Gasteiger partial charge in [-0.15, -0.1) is 0 Å². The monoisotopic (exact) mass is 226 g/mol. The Labute approximate surface area is 65.9 Å². The summed E-state index contributed by atoms with van der Waals surface area (Å²) in [4.78, 5) is 24.2. The molecule has 0 aromatic heterocycles. The largest absolute Gasteiger partial charge is 0.443 e. The van der Waals surface area contributed by atoms with Crippen molar-refractivity contribution in [2.75, 3.05) is 7.11 Å². The van der Waals surface area contributed by atoms with Gasteiger partial charge in [-0.3, -0.25) is 9.13 Å². The molecular weight excluding hydrogens is 220 g/mol. The Morgan fingerprint density at radius 2 is 1.58 bits per heavy atom. The molecule has 0 aliphatic rings. The van der Waals surface area contributed by atoms with E-state index in [9.17, 15) is 17.9 Å². The molecule has 1 atom stereocenters. The van der Waals surface area contributed by atoms with E-state index in [4.69, 9.17) is 14.7 Å². The van der Waals surface area contributed by atoms with E-state index in [2.05, 4.69) is 4.52 Å². The summed E-state index contributed by atoms with van der Waals surface area (Å²) in [5.74, 6) is 0. The highest BCUT2D eigenvalue weighted by atomic mass is 31.2. The van der Waals surface area contributed by atoms with Gasteiger partial charge in [-0.05, 0) is 0 Å². The number of hydrogen-bond acceptors (Lipinski definition) is 3.